The number of alkyl halides is 1. The van der Waals surface area contributed by atoms with Gasteiger partial charge in [0, 0.05) is 5.69 Å². The Morgan fingerprint density at radius 1 is 1.24 bits per heavy atom. The van der Waals surface area contributed by atoms with E-state index in [1.807, 2.05) is 30.3 Å². The molecule has 130 valence electrons. The van der Waals surface area contributed by atoms with E-state index < -0.39 is 32.8 Å². The first-order chi connectivity index (χ1) is 12.0. The van der Waals surface area contributed by atoms with Crippen LogP contribution in [0.4, 0.5) is 10.1 Å². The molecule has 0 spiro atoms. The van der Waals surface area contributed by atoms with Crippen molar-refractivity contribution >= 4 is 34.0 Å². The second-order valence-electron chi connectivity index (χ2n) is 5.52. The third kappa shape index (κ3) is 3.62. The van der Waals surface area contributed by atoms with E-state index in [1.54, 1.807) is 0 Å². The first kappa shape index (κ1) is 17.7. The van der Waals surface area contributed by atoms with Crippen molar-refractivity contribution in [2.75, 3.05) is 11.9 Å². The van der Waals surface area contributed by atoms with Crippen molar-refractivity contribution in [3.05, 3.63) is 66.0 Å². The number of hydrogen-bond donors (Lipinski definition) is 1. The summed E-state index contributed by atoms with van der Waals surface area (Å²) in [7, 11) is -1.72. The third-order valence-electron chi connectivity index (χ3n) is 3.80. The predicted octanol–water partition coefficient (Wildman–Crippen LogP) is 3.48. The molecule has 0 fully saturated rings. The number of rotatable bonds is 5. The van der Waals surface area contributed by atoms with E-state index in [2.05, 4.69) is 15.5 Å². The number of anilines is 1. The minimum absolute atomic E-state index is 0.110. The fourth-order valence-corrected chi connectivity index (χ4v) is 4.46. The Hall–Kier alpha value is -2.12. The Labute approximate surface area is 151 Å². The summed E-state index contributed by atoms with van der Waals surface area (Å²) >= 11 is 6.28. The molecule has 0 saturated heterocycles. The average molecular weight is 380 g/mol. The Morgan fingerprint density at radius 3 is 2.52 bits per heavy atom. The molecule has 0 saturated carbocycles. The van der Waals surface area contributed by atoms with Crippen LogP contribution in [0, 0.1) is 5.82 Å². The highest BCUT2D eigenvalue weighted by Crippen LogP contribution is 2.34. The molecule has 2 aromatic carbocycles. The Morgan fingerprint density at radius 2 is 1.92 bits per heavy atom. The molecule has 1 N–H and O–H groups in total. The van der Waals surface area contributed by atoms with Crippen molar-refractivity contribution in [1.82, 2.24) is 0 Å². The van der Waals surface area contributed by atoms with Crippen LogP contribution in [0.25, 0.3) is 0 Å². The van der Waals surface area contributed by atoms with Gasteiger partial charge in [-0.1, -0.05) is 30.3 Å². The molecular formula is C17H15ClFN3O2S. The van der Waals surface area contributed by atoms with Crippen LogP contribution in [0.5, 0.6) is 0 Å². The summed E-state index contributed by atoms with van der Waals surface area (Å²) in [6, 6.07) is 14.4. The summed E-state index contributed by atoms with van der Waals surface area (Å²) in [6.45, 7) is 0.110. The Balaban J connectivity index is 1.85. The summed E-state index contributed by atoms with van der Waals surface area (Å²) in [5.74, 6) is -0.911. The monoisotopic (exact) mass is 379 g/mol. The molecular weight excluding hydrogens is 365 g/mol. The van der Waals surface area contributed by atoms with E-state index in [0.717, 1.165) is 5.56 Å². The molecule has 0 radical (unpaired) electrons. The molecule has 8 heteroatoms. The quantitative estimate of drug-likeness (QED) is 0.808. The minimum Gasteiger partial charge on any atom is -0.323 e. The molecule has 0 bridgehead atoms. The molecule has 1 aliphatic heterocycles. The molecule has 25 heavy (non-hydrogen) atoms. The van der Waals surface area contributed by atoms with E-state index in [1.165, 1.54) is 24.3 Å². The van der Waals surface area contributed by atoms with Crippen molar-refractivity contribution in [2.24, 2.45) is 10.2 Å². The lowest BCUT2D eigenvalue weighted by Gasteiger charge is -2.26. The SMILES string of the molecule is O=C(Nc1ccc(F)cc1)[C@@]1([S@](=O)Cc2ccccc2)N=NC[C@@H]1Cl. The normalized spacial score (nSPS) is 23.4. The topological polar surface area (TPSA) is 70.9 Å². The van der Waals surface area contributed by atoms with Crippen LogP contribution in [0.2, 0.25) is 0 Å². The van der Waals surface area contributed by atoms with Gasteiger partial charge in [-0.15, -0.1) is 11.6 Å². The summed E-state index contributed by atoms with van der Waals surface area (Å²) < 4.78 is 26.0. The van der Waals surface area contributed by atoms with Crippen LogP contribution < -0.4 is 5.32 Å². The number of benzene rings is 2. The number of carbonyl (C=O) groups excluding carboxylic acids is 1. The maximum absolute atomic E-state index is 13.0. The molecule has 1 heterocycles. The number of amides is 1. The van der Waals surface area contributed by atoms with E-state index in [9.17, 15) is 13.4 Å². The number of halogens is 2. The van der Waals surface area contributed by atoms with Gasteiger partial charge in [0.2, 0.25) is 0 Å². The molecule has 0 aliphatic carbocycles. The van der Waals surface area contributed by atoms with Gasteiger partial charge in [-0.25, -0.2) is 4.39 Å². The lowest BCUT2D eigenvalue weighted by Crippen LogP contribution is -2.51. The molecule has 3 atom stereocenters. The summed E-state index contributed by atoms with van der Waals surface area (Å²) in [5.41, 5.74) is 1.18. The van der Waals surface area contributed by atoms with Crippen molar-refractivity contribution < 1.29 is 13.4 Å². The predicted molar refractivity (Wildman–Crippen MR) is 95.4 cm³/mol. The second kappa shape index (κ2) is 7.41. The van der Waals surface area contributed by atoms with E-state index >= 15 is 0 Å². The Bertz CT molecular complexity index is 816. The van der Waals surface area contributed by atoms with Gasteiger partial charge < -0.3 is 5.32 Å². The smallest absolute Gasteiger partial charge is 0.268 e. The number of carbonyl (C=O) groups is 1. The number of nitrogens with zero attached hydrogens (tertiary/aromatic N) is 2. The second-order valence-corrected chi connectivity index (χ2v) is 7.65. The molecule has 0 unspecified atom stereocenters. The minimum atomic E-state index is -1.72. The first-order valence-corrected chi connectivity index (χ1v) is 9.30. The van der Waals surface area contributed by atoms with Gasteiger partial charge in [0.15, 0.2) is 0 Å². The van der Waals surface area contributed by atoms with Crippen molar-refractivity contribution in [3.8, 4) is 0 Å². The number of hydrogen-bond acceptors (Lipinski definition) is 4. The van der Waals surface area contributed by atoms with E-state index in [0.29, 0.717) is 5.69 Å². The lowest BCUT2D eigenvalue weighted by molar-refractivity contribution is -0.118. The zero-order valence-corrected chi connectivity index (χ0v) is 14.6. The van der Waals surface area contributed by atoms with Gasteiger partial charge in [-0.05, 0) is 29.8 Å². The van der Waals surface area contributed by atoms with Gasteiger partial charge in [0.25, 0.3) is 10.8 Å². The standard InChI is InChI=1S/C17H15ClFN3O2S/c18-15-10-20-22-17(15,25(24)11-12-4-2-1-3-5-12)16(23)21-14-8-6-13(19)7-9-14/h1-9,15H,10-11H2,(H,21,23)/t15-,17+,25+/m0/s1. The highest BCUT2D eigenvalue weighted by molar-refractivity contribution is 7.86. The van der Waals surface area contributed by atoms with E-state index in [-0.39, 0.29) is 12.3 Å². The van der Waals surface area contributed by atoms with Crippen LogP contribution in [0.1, 0.15) is 5.56 Å². The molecule has 1 amide bonds. The average Bonchev–Trinajstić information content (AvgIpc) is 3.00. The van der Waals surface area contributed by atoms with Gasteiger partial charge in [0.05, 0.1) is 23.1 Å². The molecule has 1 aliphatic rings. The van der Waals surface area contributed by atoms with Crippen LogP contribution in [0.15, 0.2) is 64.8 Å². The molecule has 2 aromatic rings. The number of nitrogens with one attached hydrogen (secondary N) is 1. The summed E-state index contributed by atoms with van der Waals surface area (Å²) in [4.78, 5) is 11.2. The molecule has 5 nitrogen and oxygen atoms in total. The van der Waals surface area contributed by atoms with Gasteiger partial charge in [-0.2, -0.15) is 10.2 Å². The van der Waals surface area contributed by atoms with Crippen molar-refractivity contribution in [3.63, 3.8) is 0 Å². The fourth-order valence-electron chi connectivity index (χ4n) is 2.47. The highest BCUT2D eigenvalue weighted by atomic mass is 35.5. The molecule has 0 aromatic heterocycles. The van der Waals surface area contributed by atoms with Crippen LogP contribution in [0.3, 0.4) is 0 Å². The van der Waals surface area contributed by atoms with Crippen molar-refractivity contribution in [2.45, 2.75) is 16.0 Å². The van der Waals surface area contributed by atoms with Gasteiger partial charge >= 0.3 is 0 Å². The summed E-state index contributed by atoms with van der Waals surface area (Å²) in [5, 5.41) is 9.59. The Kier molecular flexibility index (Phi) is 5.24. The van der Waals surface area contributed by atoms with Crippen LogP contribution in [-0.2, 0) is 21.3 Å². The van der Waals surface area contributed by atoms with Crippen LogP contribution >= 0.6 is 11.6 Å². The number of azo groups is 1. The maximum atomic E-state index is 13.0. The maximum Gasteiger partial charge on any atom is 0.268 e. The zero-order chi connectivity index (χ0) is 17.9. The third-order valence-corrected chi connectivity index (χ3v) is 6.23. The van der Waals surface area contributed by atoms with Crippen LogP contribution in [-0.4, -0.2) is 26.9 Å². The molecule has 3 rings (SSSR count). The fraction of sp³-hybridized carbons (Fsp3) is 0.235. The lowest BCUT2D eigenvalue weighted by atomic mass is 10.2. The zero-order valence-electron chi connectivity index (χ0n) is 13.1. The van der Waals surface area contributed by atoms with Gasteiger partial charge in [0.1, 0.15) is 11.2 Å². The van der Waals surface area contributed by atoms with Gasteiger partial charge in [-0.3, -0.25) is 9.00 Å². The largest absolute Gasteiger partial charge is 0.323 e. The first-order valence-electron chi connectivity index (χ1n) is 7.54. The highest BCUT2D eigenvalue weighted by Gasteiger charge is 2.54. The van der Waals surface area contributed by atoms with Crippen molar-refractivity contribution in [1.29, 1.82) is 0 Å². The summed E-state index contributed by atoms with van der Waals surface area (Å²) in [6.07, 6.45) is 0. The van der Waals surface area contributed by atoms with E-state index in [4.69, 9.17) is 11.6 Å².